The molecule has 2 aliphatic rings. The molecule has 23 heavy (non-hydrogen) atoms. The van der Waals surface area contributed by atoms with Crippen molar-refractivity contribution >= 4 is 29.9 Å². The standard InChI is InChI=1S/C16H17ClN4O.ClH/c17-10-2-3-11-9(7-10)1-4-13(11)19-16(22)15-12-8-18-6-5-14(12)20-21-15;/h2-3,7,13,18H,1,4-6,8H2,(H,19,22)(H,20,21);1H. The molecule has 0 fully saturated rings. The van der Waals surface area contributed by atoms with Gasteiger partial charge in [-0.25, -0.2) is 0 Å². The number of rotatable bonds is 2. The molecule has 1 aromatic heterocycles. The van der Waals surface area contributed by atoms with Gasteiger partial charge in [0.2, 0.25) is 0 Å². The summed E-state index contributed by atoms with van der Waals surface area (Å²) in [5.74, 6) is -0.103. The molecular formula is C16H18Cl2N4O. The van der Waals surface area contributed by atoms with Gasteiger partial charge in [-0.15, -0.1) is 12.4 Å². The van der Waals surface area contributed by atoms with Crippen molar-refractivity contribution in [2.24, 2.45) is 0 Å². The Labute approximate surface area is 145 Å². The van der Waals surface area contributed by atoms with E-state index in [2.05, 4.69) is 20.8 Å². The van der Waals surface area contributed by atoms with Gasteiger partial charge in [0.25, 0.3) is 5.91 Å². The summed E-state index contributed by atoms with van der Waals surface area (Å²) < 4.78 is 0. The highest BCUT2D eigenvalue weighted by Gasteiger charge is 2.27. The second-order valence-corrected chi connectivity index (χ2v) is 6.30. The van der Waals surface area contributed by atoms with Crippen molar-refractivity contribution in [1.29, 1.82) is 0 Å². The Hall–Kier alpha value is -1.56. The number of hydrogen-bond acceptors (Lipinski definition) is 3. The Morgan fingerprint density at radius 1 is 1.35 bits per heavy atom. The lowest BCUT2D eigenvalue weighted by atomic mass is 10.1. The molecule has 2 heterocycles. The highest BCUT2D eigenvalue weighted by molar-refractivity contribution is 6.30. The molecule has 1 aliphatic heterocycles. The molecule has 2 aromatic rings. The lowest BCUT2D eigenvalue weighted by Gasteiger charge is -2.16. The van der Waals surface area contributed by atoms with Crippen LogP contribution in [0.4, 0.5) is 0 Å². The van der Waals surface area contributed by atoms with Crippen LogP contribution in [0.25, 0.3) is 0 Å². The summed E-state index contributed by atoms with van der Waals surface area (Å²) >= 11 is 6.03. The van der Waals surface area contributed by atoms with Gasteiger partial charge < -0.3 is 10.6 Å². The van der Waals surface area contributed by atoms with E-state index in [1.807, 2.05) is 18.2 Å². The summed E-state index contributed by atoms with van der Waals surface area (Å²) in [7, 11) is 0. The third-order valence-electron chi connectivity index (χ3n) is 4.51. The molecule has 0 radical (unpaired) electrons. The molecule has 3 N–H and O–H groups in total. The number of carbonyl (C=O) groups is 1. The first-order valence-electron chi connectivity index (χ1n) is 7.58. The minimum Gasteiger partial charge on any atom is -0.344 e. The third kappa shape index (κ3) is 2.96. The van der Waals surface area contributed by atoms with Crippen LogP contribution in [-0.4, -0.2) is 22.6 Å². The molecule has 0 bridgehead atoms. The molecule has 4 rings (SSSR count). The Balaban J connectivity index is 0.00000156. The Morgan fingerprint density at radius 2 is 2.22 bits per heavy atom. The van der Waals surface area contributed by atoms with Crippen molar-refractivity contribution in [2.75, 3.05) is 6.54 Å². The van der Waals surface area contributed by atoms with E-state index in [-0.39, 0.29) is 24.4 Å². The molecule has 122 valence electrons. The molecule has 1 amide bonds. The lowest BCUT2D eigenvalue weighted by molar-refractivity contribution is 0.0930. The molecule has 1 atom stereocenters. The fourth-order valence-electron chi connectivity index (χ4n) is 3.38. The number of aromatic nitrogens is 2. The lowest BCUT2D eigenvalue weighted by Crippen LogP contribution is -2.30. The van der Waals surface area contributed by atoms with Crippen LogP contribution in [0, 0.1) is 0 Å². The number of aromatic amines is 1. The van der Waals surface area contributed by atoms with E-state index in [0.29, 0.717) is 12.2 Å². The molecule has 0 saturated heterocycles. The zero-order chi connectivity index (χ0) is 15.1. The first-order valence-corrected chi connectivity index (χ1v) is 7.96. The zero-order valence-corrected chi connectivity index (χ0v) is 14.1. The quantitative estimate of drug-likeness (QED) is 0.777. The molecule has 1 unspecified atom stereocenters. The normalized spacial score (nSPS) is 18.7. The smallest absolute Gasteiger partial charge is 0.272 e. The second-order valence-electron chi connectivity index (χ2n) is 5.86. The van der Waals surface area contributed by atoms with Crippen LogP contribution in [0.5, 0.6) is 0 Å². The number of nitrogens with zero attached hydrogens (tertiary/aromatic N) is 1. The van der Waals surface area contributed by atoms with Gasteiger partial charge in [-0.2, -0.15) is 5.10 Å². The maximum absolute atomic E-state index is 12.6. The van der Waals surface area contributed by atoms with Crippen LogP contribution < -0.4 is 10.6 Å². The van der Waals surface area contributed by atoms with Gasteiger partial charge in [-0.1, -0.05) is 17.7 Å². The molecule has 1 aliphatic carbocycles. The largest absolute Gasteiger partial charge is 0.344 e. The maximum atomic E-state index is 12.6. The summed E-state index contributed by atoms with van der Waals surface area (Å²) in [6.07, 6.45) is 2.74. The van der Waals surface area contributed by atoms with Gasteiger partial charge in [0.15, 0.2) is 5.69 Å². The Bertz CT molecular complexity index is 744. The van der Waals surface area contributed by atoms with Gasteiger partial charge >= 0.3 is 0 Å². The minimum absolute atomic E-state index is 0. The summed E-state index contributed by atoms with van der Waals surface area (Å²) in [6.45, 7) is 1.62. The monoisotopic (exact) mass is 352 g/mol. The summed E-state index contributed by atoms with van der Waals surface area (Å²) in [5, 5.41) is 14.3. The average molecular weight is 353 g/mol. The minimum atomic E-state index is -0.103. The van der Waals surface area contributed by atoms with Crippen molar-refractivity contribution in [3.8, 4) is 0 Å². The number of carbonyl (C=O) groups excluding carboxylic acids is 1. The van der Waals surface area contributed by atoms with Crippen molar-refractivity contribution in [3.63, 3.8) is 0 Å². The fourth-order valence-corrected chi connectivity index (χ4v) is 3.57. The van der Waals surface area contributed by atoms with Crippen molar-refractivity contribution in [1.82, 2.24) is 20.8 Å². The SMILES string of the molecule is Cl.O=C(NC1CCc2cc(Cl)ccc21)c1n[nH]c2c1CNCC2. The van der Waals surface area contributed by atoms with Crippen LogP contribution in [0.1, 0.15) is 45.3 Å². The van der Waals surface area contributed by atoms with E-state index in [1.54, 1.807) is 0 Å². The summed E-state index contributed by atoms with van der Waals surface area (Å²) in [4.78, 5) is 12.6. The number of aryl methyl sites for hydroxylation is 1. The first-order chi connectivity index (χ1) is 10.7. The number of benzene rings is 1. The molecule has 5 nitrogen and oxygen atoms in total. The number of nitrogens with one attached hydrogen (secondary N) is 3. The number of halogens is 2. The number of fused-ring (bicyclic) bond motifs is 2. The van der Waals surface area contributed by atoms with Crippen LogP contribution >= 0.6 is 24.0 Å². The predicted molar refractivity (Wildman–Crippen MR) is 91.2 cm³/mol. The third-order valence-corrected chi connectivity index (χ3v) is 4.74. The Morgan fingerprint density at radius 3 is 3.09 bits per heavy atom. The van der Waals surface area contributed by atoms with Crippen LogP contribution in [0.15, 0.2) is 18.2 Å². The van der Waals surface area contributed by atoms with Gasteiger partial charge in [-0.3, -0.25) is 9.89 Å². The topological polar surface area (TPSA) is 69.8 Å². The highest BCUT2D eigenvalue weighted by atomic mass is 35.5. The highest BCUT2D eigenvalue weighted by Crippen LogP contribution is 2.33. The molecule has 0 saturated carbocycles. The summed E-state index contributed by atoms with van der Waals surface area (Å²) in [5.41, 5.74) is 4.98. The van der Waals surface area contributed by atoms with Crippen molar-refractivity contribution < 1.29 is 4.79 Å². The van der Waals surface area contributed by atoms with E-state index in [1.165, 1.54) is 11.1 Å². The molecule has 0 spiro atoms. The van der Waals surface area contributed by atoms with Crippen molar-refractivity contribution in [2.45, 2.75) is 31.8 Å². The average Bonchev–Trinajstić information content (AvgIpc) is 3.11. The maximum Gasteiger partial charge on any atom is 0.272 e. The van der Waals surface area contributed by atoms with E-state index in [4.69, 9.17) is 11.6 Å². The van der Waals surface area contributed by atoms with Gasteiger partial charge in [0, 0.05) is 35.8 Å². The van der Waals surface area contributed by atoms with E-state index in [0.717, 1.165) is 42.1 Å². The fraction of sp³-hybridized carbons (Fsp3) is 0.375. The number of amides is 1. The first kappa shape index (κ1) is 16.3. The van der Waals surface area contributed by atoms with E-state index >= 15 is 0 Å². The van der Waals surface area contributed by atoms with Crippen LogP contribution in [0.2, 0.25) is 5.02 Å². The number of hydrogen-bond donors (Lipinski definition) is 3. The van der Waals surface area contributed by atoms with Crippen molar-refractivity contribution in [3.05, 3.63) is 51.3 Å². The number of H-pyrrole nitrogens is 1. The predicted octanol–water partition coefficient (Wildman–Crippen LogP) is 2.55. The van der Waals surface area contributed by atoms with Crippen LogP contribution in [-0.2, 0) is 19.4 Å². The summed E-state index contributed by atoms with van der Waals surface area (Å²) in [6, 6.07) is 5.93. The molecular weight excluding hydrogens is 335 g/mol. The molecule has 7 heteroatoms. The van der Waals surface area contributed by atoms with Gasteiger partial charge in [0.05, 0.1) is 6.04 Å². The van der Waals surface area contributed by atoms with E-state index < -0.39 is 0 Å². The van der Waals surface area contributed by atoms with Crippen LogP contribution in [0.3, 0.4) is 0 Å². The zero-order valence-electron chi connectivity index (χ0n) is 12.5. The van der Waals surface area contributed by atoms with E-state index in [9.17, 15) is 4.79 Å². The van der Waals surface area contributed by atoms with Gasteiger partial charge in [-0.05, 0) is 36.1 Å². The second kappa shape index (κ2) is 6.51. The molecule has 1 aromatic carbocycles. The van der Waals surface area contributed by atoms with Gasteiger partial charge in [0.1, 0.15) is 0 Å². The Kier molecular flexibility index (Phi) is 4.62.